The number of amides is 1. The summed E-state index contributed by atoms with van der Waals surface area (Å²) in [6.07, 6.45) is 1.58. The number of aryl methyl sites for hydroxylation is 1. The van der Waals surface area contributed by atoms with E-state index in [4.69, 9.17) is 40.5 Å². The summed E-state index contributed by atoms with van der Waals surface area (Å²) in [5.41, 5.74) is 6.41. The first kappa shape index (κ1) is 15.0. The molecule has 0 fully saturated rings. The van der Waals surface area contributed by atoms with Crippen LogP contribution in [-0.4, -0.2) is 15.7 Å². The Kier molecular flexibility index (Phi) is 4.42. The van der Waals surface area contributed by atoms with Gasteiger partial charge in [0, 0.05) is 17.8 Å². The second kappa shape index (κ2) is 5.91. The van der Waals surface area contributed by atoms with Gasteiger partial charge in [0.15, 0.2) is 5.69 Å². The lowest BCUT2D eigenvalue weighted by molar-refractivity contribution is 0.102. The molecule has 0 atom stereocenters. The SMILES string of the molecule is CCn1cc(N)c(C(=O)Nc2c(Cl)cc(Cl)cc2Cl)n1. The Balaban J connectivity index is 2.30. The highest BCUT2D eigenvalue weighted by Gasteiger charge is 2.17. The fourth-order valence-electron chi connectivity index (χ4n) is 1.61. The molecule has 0 spiro atoms. The number of hydrogen-bond donors (Lipinski definition) is 2. The third-order valence-corrected chi connectivity index (χ3v) is 3.39. The van der Waals surface area contributed by atoms with Crippen LogP contribution in [0.3, 0.4) is 0 Å². The number of rotatable bonds is 3. The van der Waals surface area contributed by atoms with E-state index in [9.17, 15) is 4.79 Å². The Morgan fingerprint density at radius 3 is 2.45 bits per heavy atom. The molecule has 0 saturated carbocycles. The summed E-state index contributed by atoms with van der Waals surface area (Å²) in [7, 11) is 0. The highest BCUT2D eigenvalue weighted by Crippen LogP contribution is 2.34. The van der Waals surface area contributed by atoms with Crippen molar-refractivity contribution in [2.24, 2.45) is 0 Å². The molecule has 0 unspecified atom stereocenters. The minimum absolute atomic E-state index is 0.119. The van der Waals surface area contributed by atoms with E-state index in [1.54, 1.807) is 10.9 Å². The van der Waals surface area contributed by atoms with Crippen molar-refractivity contribution < 1.29 is 4.79 Å². The number of nitrogens with zero attached hydrogens (tertiary/aromatic N) is 2. The van der Waals surface area contributed by atoms with Crippen LogP contribution in [0.1, 0.15) is 17.4 Å². The van der Waals surface area contributed by atoms with Gasteiger partial charge >= 0.3 is 0 Å². The van der Waals surface area contributed by atoms with Crippen molar-refractivity contribution in [3.8, 4) is 0 Å². The Hall–Kier alpha value is -1.43. The van der Waals surface area contributed by atoms with E-state index >= 15 is 0 Å². The highest BCUT2D eigenvalue weighted by molar-refractivity contribution is 6.42. The van der Waals surface area contributed by atoms with Crippen LogP contribution in [0.2, 0.25) is 15.1 Å². The van der Waals surface area contributed by atoms with E-state index in [1.165, 1.54) is 12.1 Å². The Morgan fingerprint density at radius 1 is 1.35 bits per heavy atom. The fourth-order valence-corrected chi connectivity index (χ4v) is 2.52. The molecule has 0 aliphatic heterocycles. The van der Waals surface area contributed by atoms with Gasteiger partial charge in [-0.05, 0) is 19.1 Å². The van der Waals surface area contributed by atoms with Gasteiger partial charge < -0.3 is 11.1 Å². The molecule has 1 amide bonds. The Morgan fingerprint density at radius 2 is 1.95 bits per heavy atom. The molecular formula is C12H11Cl3N4O. The van der Waals surface area contributed by atoms with Gasteiger partial charge in [0.1, 0.15) is 0 Å². The molecule has 0 aliphatic rings. The maximum Gasteiger partial charge on any atom is 0.278 e. The minimum Gasteiger partial charge on any atom is -0.396 e. The lowest BCUT2D eigenvalue weighted by Gasteiger charge is -2.09. The molecule has 2 rings (SSSR count). The first-order valence-corrected chi connectivity index (χ1v) is 6.84. The number of halogens is 3. The molecular weight excluding hydrogens is 323 g/mol. The summed E-state index contributed by atoms with van der Waals surface area (Å²) in [5, 5.41) is 7.51. The third kappa shape index (κ3) is 3.00. The van der Waals surface area contributed by atoms with Crippen LogP contribution in [-0.2, 0) is 6.54 Å². The molecule has 1 aromatic heterocycles. The van der Waals surface area contributed by atoms with E-state index < -0.39 is 5.91 Å². The van der Waals surface area contributed by atoms with Gasteiger partial charge in [-0.15, -0.1) is 0 Å². The largest absolute Gasteiger partial charge is 0.396 e. The average molecular weight is 334 g/mol. The summed E-state index contributed by atoms with van der Waals surface area (Å²) in [6.45, 7) is 2.50. The molecule has 0 aliphatic carbocycles. The zero-order chi connectivity index (χ0) is 14.9. The van der Waals surface area contributed by atoms with E-state index in [1.807, 2.05) is 6.92 Å². The maximum atomic E-state index is 12.1. The summed E-state index contributed by atoms with van der Waals surface area (Å²) < 4.78 is 1.56. The lowest BCUT2D eigenvalue weighted by Crippen LogP contribution is -2.15. The number of aromatic nitrogens is 2. The van der Waals surface area contributed by atoms with Crippen molar-refractivity contribution in [1.82, 2.24) is 9.78 Å². The zero-order valence-electron chi connectivity index (χ0n) is 10.5. The fraction of sp³-hybridized carbons (Fsp3) is 0.167. The molecule has 8 heteroatoms. The number of carbonyl (C=O) groups excluding carboxylic acids is 1. The van der Waals surface area contributed by atoms with Crippen LogP contribution in [0.5, 0.6) is 0 Å². The van der Waals surface area contributed by atoms with Gasteiger partial charge in [-0.1, -0.05) is 34.8 Å². The number of hydrogen-bond acceptors (Lipinski definition) is 3. The molecule has 0 saturated heterocycles. The maximum absolute atomic E-state index is 12.1. The molecule has 0 bridgehead atoms. The molecule has 3 N–H and O–H groups in total. The molecule has 1 heterocycles. The molecule has 1 aromatic carbocycles. The first-order chi connectivity index (χ1) is 9.42. The van der Waals surface area contributed by atoms with E-state index in [2.05, 4.69) is 10.4 Å². The predicted molar refractivity (Wildman–Crippen MR) is 81.7 cm³/mol. The van der Waals surface area contributed by atoms with Gasteiger partial charge in [-0.25, -0.2) is 0 Å². The molecule has 5 nitrogen and oxygen atoms in total. The second-order valence-corrected chi connectivity index (χ2v) is 5.24. The number of carbonyl (C=O) groups is 1. The summed E-state index contributed by atoms with van der Waals surface area (Å²) in [4.78, 5) is 12.1. The zero-order valence-corrected chi connectivity index (χ0v) is 12.7. The smallest absolute Gasteiger partial charge is 0.278 e. The average Bonchev–Trinajstić information content (AvgIpc) is 2.75. The van der Waals surface area contributed by atoms with Crippen LogP contribution < -0.4 is 11.1 Å². The Labute approximate surface area is 130 Å². The standard InChI is InChI=1S/C12H11Cl3N4O/c1-2-19-5-9(16)11(18-19)12(20)17-10-7(14)3-6(13)4-8(10)15/h3-5H,2,16H2,1H3,(H,17,20). The number of nitrogen functional groups attached to an aromatic ring is 1. The van der Waals surface area contributed by atoms with Crippen molar-refractivity contribution in [2.45, 2.75) is 13.5 Å². The van der Waals surface area contributed by atoms with Crippen molar-refractivity contribution in [2.75, 3.05) is 11.1 Å². The van der Waals surface area contributed by atoms with E-state index in [0.717, 1.165) is 0 Å². The molecule has 106 valence electrons. The Bertz CT molecular complexity index is 646. The van der Waals surface area contributed by atoms with Crippen molar-refractivity contribution in [1.29, 1.82) is 0 Å². The predicted octanol–water partition coefficient (Wildman–Crippen LogP) is 3.70. The molecule has 20 heavy (non-hydrogen) atoms. The van der Waals surface area contributed by atoms with Crippen molar-refractivity contribution in [3.05, 3.63) is 39.1 Å². The number of anilines is 2. The summed E-state index contributed by atoms with van der Waals surface area (Å²) >= 11 is 17.8. The number of nitrogens with one attached hydrogen (secondary N) is 1. The van der Waals surface area contributed by atoms with Crippen molar-refractivity contribution >= 4 is 52.1 Å². The van der Waals surface area contributed by atoms with E-state index in [0.29, 0.717) is 11.6 Å². The summed E-state index contributed by atoms with van der Waals surface area (Å²) in [6, 6.07) is 2.97. The summed E-state index contributed by atoms with van der Waals surface area (Å²) in [5.74, 6) is -0.485. The van der Waals surface area contributed by atoms with Gasteiger partial charge in [-0.2, -0.15) is 5.10 Å². The van der Waals surface area contributed by atoms with Crippen LogP contribution >= 0.6 is 34.8 Å². The van der Waals surface area contributed by atoms with Gasteiger partial charge in [0.2, 0.25) is 0 Å². The van der Waals surface area contributed by atoms with Crippen molar-refractivity contribution in [3.63, 3.8) is 0 Å². The first-order valence-electron chi connectivity index (χ1n) is 5.71. The number of nitrogens with two attached hydrogens (primary N) is 1. The topological polar surface area (TPSA) is 72.9 Å². The van der Waals surface area contributed by atoms with Crippen LogP contribution in [0, 0.1) is 0 Å². The minimum atomic E-state index is -0.485. The van der Waals surface area contributed by atoms with Crippen LogP contribution in [0.4, 0.5) is 11.4 Å². The monoisotopic (exact) mass is 332 g/mol. The van der Waals surface area contributed by atoms with E-state index in [-0.39, 0.29) is 27.1 Å². The van der Waals surface area contributed by atoms with Crippen LogP contribution in [0.25, 0.3) is 0 Å². The highest BCUT2D eigenvalue weighted by atomic mass is 35.5. The van der Waals surface area contributed by atoms with Gasteiger partial charge in [0.05, 0.1) is 21.4 Å². The number of benzene rings is 1. The normalized spacial score (nSPS) is 10.6. The second-order valence-electron chi connectivity index (χ2n) is 3.99. The van der Waals surface area contributed by atoms with Crippen LogP contribution in [0.15, 0.2) is 18.3 Å². The third-order valence-electron chi connectivity index (χ3n) is 2.57. The lowest BCUT2D eigenvalue weighted by atomic mass is 10.3. The molecule has 0 radical (unpaired) electrons. The molecule has 2 aromatic rings. The van der Waals surface area contributed by atoms with Gasteiger partial charge in [-0.3, -0.25) is 9.48 Å². The quantitative estimate of drug-likeness (QED) is 0.899. The van der Waals surface area contributed by atoms with Gasteiger partial charge in [0.25, 0.3) is 5.91 Å².